The third-order valence-corrected chi connectivity index (χ3v) is 6.52. The van der Waals surface area contributed by atoms with Crippen LogP contribution in [0.15, 0.2) is 78.0 Å². The molecule has 0 unspecified atom stereocenters. The van der Waals surface area contributed by atoms with Crippen molar-refractivity contribution in [2.45, 2.75) is 31.8 Å². The summed E-state index contributed by atoms with van der Waals surface area (Å²) in [5.74, 6) is 1.53. The molecule has 3 aromatic carbocycles. The molecular formula is C27H28N4O2S. The fourth-order valence-corrected chi connectivity index (χ4v) is 4.64. The monoisotopic (exact) mass is 472 g/mol. The lowest BCUT2D eigenvalue weighted by molar-refractivity contribution is -0.113. The van der Waals surface area contributed by atoms with Gasteiger partial charge in [0.25, 0.3) is 0 Å². The van der Waals surface area contributed by atoms with Crippen LogP contribution in [0.4, 0.5) is 5.69 Å². The number of carbonyl (C=O) groups excluding carboxylic acids is 1. The van der Waals surface area contributed by atoms with Crippen molar-refractivity contribution in [2.24, 2.45) is 0 Å². The molecule has 1 amide bonds. The fourth-order valence-electron chi connectivity index (χ4n) is 3.89. The van der Waals surface area contributed by atoms with Crippen LogP contribution >= 0.6 is 11.8 Å². The zero-order chi connectivity index (χ0) is 23.9. The highest BCUT2D eigenvalue weighted by atomic mass is 32.2. The number of benzene rings is 3. The Bertz CT molecular complexity index is 1250. The Balaban J connectivity index is 1.62. The number of thioether (sulfide) groups is 1. The van der Waals surface area contributed by atoms with Gasteiger partial charge in [0.05, 0.1) is 18.4 Å². The second-order valence-corrected chi connectivity index (χ2v) is 8.62. The normalized spacial score (nSPS) is 10.8. The topological polar surface area (TPSA) is 69.0 Å². The van der Waals surface area contributed by atoms with E-state index < -0.39 is 0 Å². The van der Waals surface area contributed by atoms with Crippen LogP contribution in [0.2, 0.25) is 0 Å². The minimum absolute atomic E-state index is 0.0675. The van der Waals surface area contributed by atoms with Gasteiger partial charge in [-0.25, -0.2) is 0 Å². The number of methoxy groups -OCH3 is 1. The molecule has 174 valence electrons. The van der Waals surface area contributed by atoms with E-state index in [1.807, 2.05) is 65.2 Å². The molecule has 0 fully saturated rings. The first-order chi connectivity index (χ1) is 16.7. The lowest BCUT2D eigenvalue weighted by Gasteiger charge is -2.15. The van der Waals surface area contributed by atoms with Crippen LogP contribution in [-0.2, 0) is 17.6 Å². The largest absolute Gasteiger partial charge is 0.496 e. The van der Waals surface area contributed by atoms with Crippen LogP contribution < -0.4 is 10.1 Å². The van der Waals surface area contributed by atoms with Gasteiger partial charge in [0, 0.05) is 11.4 Å². The number of anilines is 1. The van der Waals surface area contributed by atoms with Gasteiger partial charge in [-0.3, -0.25) is 9.36 Å². The predicted molar refractivity (Wildman–Crippen MR) is 138 cm³/mol. The average Bonchev–Trinajstić information content (AvgIpc) is 3.31. The number of para-hydroxylation sites is 3. The summed E-state index contributed by atoms with van der Waals surface area (Å²) in [5.41, 5.74) is 4.97. The molecule has 0 bridgehead atoms. The van der Waals surface area contributed by atoms with E-state index in [0.717, 1.165) is 40.9 Å². The summed E-state index contributed by atoms with van der Waals surface area (Å²) >= 11 is 1.36. The Labute approximate surface area is 204 Å². The number of amides is 1. The van der Waals surface area contributed by atoms with Crippen molar-refractivity contribution in [1.29, 1.82) is 0 Å². The van der Waals surface area contributed by atoms with Crippen molar-refractivity contribution in [3.05, 3.63) is 83.9 Å². The van der Waals surface area contributed by atoms with Crippen LogP contribution in [0.25, 0.3) is 17.1 Å². The lowest BCUT2D eigenvalue weighted by atomic mass is 10.0. The first-order valence-electron chi connectivity index (χ1n) is 11.3. The Morgan fingerprint density at radius 3 is 2.26 bits per heavy atom. The smallest absolute Gasteiger partial charge is 0.234 e. The molecule has 0 aliphatic heterocycles. The molecular weight excluding hydrogens is 444 g/mol. The summed E-state index contributed by atoms with van der Waals surface area (Å²) in [4.78, 5) is 12.9. The number of hydrogen-bond donors (Lipinski definition) is 1. The standard InChI is InChI=1S/C27H28N4O2S/c1-4-19-12-11-13-20(5-2)25(19)28-24(32)18-34-27-30-29-26(22-16-9-10-17-23(22)33-3)31(27)21-14-7-6-8-15-21/h6-17H,4-5,18H2,1-3H3,(H,28,32). The van der Waals surface area contributed by atoms with E-state index in [1.54, 1.807) is 7.11 Å². The van der Waals surface area contributed by atoms with E-state index in [-0.39, 0.29) is 11.7 Å². The second-order valence-electron chi connectivity index (χ2n) is 7.67. The molecule has 1 heterocycles. The van der Waals surface area contributed by atoms with E-state index in [4.69, 9.17) is 4.74 Å². The quantitative estimate of drug-likeness (QED) is 0.312. The number of carbonyl (C=O) groups is 1. The molecule has 34 heavy (non-hydrogen) atoms. The van der Waals surface area contributed by atoms with Crippen LogP contribution in [-0.4, -0.2) is 33.5 Å². The Kier molecular flexibility index (Phi) is 7.65. The van der Waals surface area contributed by atoms with Crippen LogP contribution in [0.5, 0.6) is 5.75 Å². The van der Waals surface area contributed by atoms with E-state index in [0.29, 0.717) is 16.7 Å². The number of nitrogens with zero attached hydrogens (tertiary/aromatic N) is 3. The average molecular weight is 473 g/mol. The molecule has 1 aromatic heterocycles. The maximum Gasteiger partial charge on any atom is 0.234 e. The number of nitrogens with one attached hydrogen (secondary N) is 1. The molecule has 0 spiro atoms. The van der Waals surface area contributed by atoms with Crippen molar-refractivity contribution >= 4 is 23.4 Å². The number of rotatable bonds is 9. The van der Waals surface area contributed by atoms with Crippen molar-refractivity contribution in [3.8, 4) is 22.8 Å². The Morgan fingerprint density at radius 1 is 0.912 bits per heavy atom. The highest BCUT2D eigenvalue weighted by Crippen LogP contribution is 2.33. The van der Waals surface area contributed by atoms with Gasteiger partial charge in [-0.15, -0.1) is 10.2 Å². The summed E-state index contributed by atoms with van der Waals surface area (Å²) in [7, 11) is 1.64. The molecule has 0 aliphatic carbocycles. The third kappa shape index (κ3) is 4.99. The molecule has 4 aromatic rings. The highest BCUT2D eigenvalue weighted by Gasteiger charge is 2.20. The molecule has 0 saturated heterocycles. The van der Waals surface area contributed by atoms with Crippen molar-refractivity contribution in [1.82, 2.24) is 14.8 Å². The predicted octanol–water partition coefficient (Wildman–Crippen LogP) is 5.80. The van der Waals surface area contributed by atoms with Gasteiger partial charge in [-0.1, -0.05) is 74.1 Å². The number of aryl methyl sites for hydroxylation is 2. The molecule has 0 aliphatic rings. The maximum atomic E-state index is 12.9. The minimum atomic E-state index is -0.0675. The van der Waals surface area contributed by atoms with Gasteiger partial charge in [0.1, 0.15) is 5.75 Å². The van der Waals surface area contributed by atoms with Crippen molar-refractivity contribution < 1.29 is 9.53 Å². The van der Waals surface area contributed by atoms with Crippen LogP contribution in [0.1, 0.15) is 25.0 Å². The van der Waals surface area contributed by atoms with Gasteiger partial charge in [-0.2, -0.15) is 0 Å². The van der Waals surface area contributed by atoms with Gasteiger partial charge >= 0.3 is 0 Å². The van der Waals surface area contributed by atoms with Gasteiger partial charge in [0.15, 0.2) is 11.0 Å². The van der Waals surface area contributed by atoms with Crippen molar-refractivity contribution in [2.75, 3.05) is 18.2 Å². The lowest BCUT2D eigenvalue weighted by Crippen LogP contribution is -2.17. The first-order valence-corrected chi connectivity index (χ1v) is 12.3. The first kappa shape index (κ1) is 23.6. The number of aromatic nitrogens is 3. The highest BCUT2D eigenvalue weighted by molar-refractivity contribution is 7.99. The van der Waals surface area contributed by atoms with E-state index >= 15 is 0 Å². The zero-order valence-corrected chi connectivity index (χ0v) is 20.4. The Hall–Kier alpha value is -3.58. The summed E-state index contributed by atoms with van der Waals surface area (Å²) in [6.07, 6.45) is 1.72. The zero-order valence-electron chi connectivity index (χ0n) is 19.6. The number of ether oxygens (including phenoxy) is 1. The molecule has 0 atom stereocenters. The summed E-state index contributed by atoms with van der Waals surface area (Å²) in [6.45, 7) is 4.20. The summed E-state index contributed by atoms with van der Waals surface area (Å²) in [5, 5.41) is 12.7. The molecule has 6 nitrogen and oxygen atoms in total. The molecule has 1 N–H and O–H groups in total. The van der Waals surface area contributed by atoms with E-state index in [2.05, 4.69) is 41.5 Å². The van der Waals surface area contributed by atoms with Gasteiger partial charge in [-0.05, 0) is 48.2 Å². The van der Waals surface area contributed by atoms with Crippen LogP contribution in [0, 0.1) is 0 Å². The SMILES string of the molecule is CCc1cccc(CC)c1NC(=O)CSc1nnc(-c2ccccc2OC)n1-c1ccccc1. The summed E-state index contributed by atoms with van der Waals surface area (Å²) < 4.78 is 7.52. The van der Waals surface area contributed by atoms with Crippen molar-refractivity contribution in [3.63, 3.8) is 0 Å². The van der Waals surface area contributed by atoms with E-state index in [9.17, 15) is 4.79 Å². The minimum Gasteiger partial charge on any atom is -0.496 e. The molecule has 7 heteroatoms. The Morgan fingerprint density at radius 2 is 1.59 bits per heavy atom. The fraction of sp³-hybridized carbons (Fsp3) is 0.222. The third-order valence-electron chi connectivity index (χ3n) is 5.59. The van der Waals surface area contributed by atoms with Gasteiger partial charge in [0.2, 0.25) is 5.91 Å². The van der Waals surface area contributed by atoms with E-state index in [1.165, 1.54) is 11.8 Å². The summed E-state index contributed by atoms with van der Waals surface area (Å²) in [6, 6.07) is 23.8. The van der Waals surface area contributed by atoms with Gasteiger partial charge < -0.3 is 10.1 Å². The molecule has 0 radical (unpaired) electrons. The maximum absolute atomic E-state index is 12.9. The number of hydrogen-bond acceptors (Lipinski definition) is 5. The second kappa shape index (κ2) is 11.0. The molecule has 4 rings (SSSR count). The van der Waals surface area contributed by atoms with Crippen LogP contribution in [0.3, 0.4) is 0 Å². The molecule has 0 saturated carbocycles.